The molecule has 13 heteroatoms. The number of hydrogen-bond donors (Lipinski definition) is 2. The number of carbonyl (C=O) groups is 1. The smallest absolute Gasteiger partial charge is 0.493 e. The Morgan fingerprint density at radius 3 is 2.45 bits per heavy atom. The van der Waals surface area contributed by atoms with Crippen LogP contribution in [0, 0.1) is 5.82 Å². The Kier molecular flexibility index (Phi) is 7.43. The molecule has 2 aromatic carbocycles. The fraction of sp³-hybridized carbons (Fsp3) is 0.480. The van der Waals surface area contributed by atoms with Crippen LogP contribution in [0.15, 0.2) is 36.4 Å². The average Bonchev–Trinajstić information content (AvgIpc) is 3.14. The molecular weight excluding hydrogens is 523 g/mol. The number of ether oxygens (including phenoxy) is 2. The summed E-state index contributed by atoms with van der Waals surface area (Å²) in [5.74, 6) is -1.63. The largest absolute Gasteiger partial charge is 0.573 e. The minimum atomic E-state index is -4.90. The fourth-order valence-corrected chi connectivity index (χ4v) is 5.62. The van der Waals surface area contributed by atoms with Gasteiger partial charge in [0.2, 0.25) is 0 Å². The second kappa shape index (κ2) is 10.2. The summed E-state index contributed by atoms with van der Waals surface area (Å²) in [5, 5.41) is 4.99. The first-order chi connectivity index (χ1) is 17.7. The number of nitrogens with zero attached hydrogens (tertiary/aromatic N) is 1. The normalized spacial score (nSPS) is 24.0. The molecule has 38 heavy (non-hydrogen) atoms. The molecule has 1 saturated carbocycles. The molecule has 0 unspecified atom stereocenters. The lowest BCUT2D eigenvalue weighted by atomic mass is 9.65. The molecule has 1 aliphatic carbocycles. The number of likely N-dealkylation sites (tertiary alicyclic amines) is 1. The zero-order chi connectivity index (χ0) is 27.9. The van der Waals surface area contributed by atoms with Crippen molar-refractivity contribution in [3.05, 3.63) is 53.3 Å². The van der Waals surface area contributed by atoms with Gasteiger partial charge >= 0.3 is 18.6 Å². The predicted molar refractivity (Wildman–Crippen MR) is 124 cm³/mol. The van der Waals surface area contributed by atoms with Crippen molar-refractivity contribution in [2.24, 2.45) is 0 Å². The van der Waals surface area contributed by atoms with Crippen molar-refractivity contribution >= 4 is 11.7 Å². The van der Waals surface area contributed by atoms with E-state index >= 15 is 0 Å². The maximum Gasteiger partial charge on any atom is 0.573 e. The first-order valence-electron chi connectivity index (χ1n) is 11.8. The van der Waals surface area contributed by atoms with E-state index in [4.69, 9.17) is 4.74 Å². The van der Waals surface area contributed by atoms with Crippen LogP contribution in [0.5, 0.6) is 11.5 Å². The summed E-state index contributed by atoms with van der Waals surface area (Å²) in [5.41, 5.74) is -1.40. The van der Waals surface area contributed by atoms with Crippen LogP contribution in [0.1, 0.15) is 36.8 Å². The van der Waals surface area contributed by atoms with Gasteiger partial charge in [-0.2, -0.15) is 13.2 Å². The van der Waals surface area contributed by atoms with E-state index in [2.05, 4.69) is 20.3 Å². The molecule has 2 aromatic rings. The number of amides is 2. The first-order valence-corrected chi connectivity index (χ1v) is 11.8. The Morgan fingerprint density at radius 2 is 1.79 bits per heavy atom. The van der Waals surface area contributed by atoms with Gasteiger partial charge in [0.1, 0.15) is 5.82 Å². The Bertz CT molecular complexity index is 1190. The third kappa shape index (κ3) is 5.92. The Balaban J connectivity index is 1.50. The maximum atomic E-state index is 13.7. The van der Waals surface area contributed by atoms with Crippen LogP contribution in [-0.4, -0.2) is 50.1 Å². The minimum absolute atomic E-state index is 0.0524. The zero-order valence-electron chi connectivity index (χ0n) is 20.5. The van der Waals surface area contributed by atoms with Crippen molar-refractivity contribution in [1.29, 1.82) is 0 Å². The van der Waals surface area contributed by atoms with E-state index in [1.165, 1.54) is 19.2 Å². The fourth-order valence-electron chi connectivity index (χ4n) is 5.62. The van der Waals surface area contributed by atoms with Crippen molar-refractivity contribution in [2.75, 3.05) is 26.0 Å². The van der Waals surface area contributed by atoms with Crippen LogP contribution in [0.3, 0.4) is 0 Å². The second-order valence-electron chi connectivity index (χ2n) is 9.61. The average molecular weight is 549 g/mol. The Labute approximate surface area is 214 Å². The third-order valence-electron chi connectivity index (χ3n) is 7.31. The maximum absolute atomic E-state index is 13.7. The van der Waals surface area contributed by atoms with Gasteiger partial charge in [0.05, 0.1) is 12.7 Å². The van der Waals surface area contributed by atoms with E-state index in [1.807, 2.05) is 7.05 Å². The SMILES string of the molecule is COc1ccc([C@@]23CC[C@H](NC(=O)Nc4cc(F)cc(C(F)(F)F)c4)C[C@H]2N(C)CC3)cc1OC(F)(F)F. The van der Waals surface area contributed by atoms with E-state index < -0.39 is 41.1 Å². The Hall–Kier alpha value is -3.22. The highest BCUT2D eigenvalue weighted by Gasteiger charge is 2.51. The highest BCUT2D eigenvalue weighted by Crippen LogP contribution is 2.50. The molecule has 1 heterocycles. The van der Waals surface area contributed by atoms with Crippen LogP contribution in [0.4, 0.5) is 41.2 Å². The number of likely N-dealkylation sites (N-methyl/N-ethyl adjacent to an activating group) is 1. The molecule has 0 bridgehead atoms. The molecule has 208 valence electrons. The molecule has 1 saturated heterocycles. The monoisotopic (exact) mass is 549 g/mol. The summed E-state index contributed by atoms with van der Waals surface area (Å²) < 4.78 is 101. The number of hydrogen-bond acceptors (Lipinski definition) is 4. The molecule has 2 amide bonds. The predicted octanol–water partition coefficient (Wildman–Crippen LogP) is 6.07. The van der Waals surface area contributed by atoms with Crippen LogP contribution >= 0.6 is 0 Å². The number of carbonyl (C=O) groups excluding carboxylic acids is 1. The molecule has 6 nitrogen and oxygen atoms in total. The van der Waals surface area contributed by atoms with Gasteiger partial charge in [-0.1, -0.05) is 6.07 Å². The molecule has 2 fully saturated rings. The summed E-state index contributed by atoms with van der Waals surface area (Å²) in [7, 11) is 3.13. The summed E-state index contributed by atoms with van der Waals surface area (Å²) in [6.07, 6.45) is -7.55. The highest BCUT2D eigenvalue weighted by molar-refractivity contribution is 5.89. The van der Waals surface area contributed by atoms with Crippen molar-refractivity contribution in [1.82, 2.24) is 10.2 Å². The number of nitrogens with one attached hydrogen (secondary N) is 2. The number of rotatable bonds is 5. The summed E-state index contributed by atoms with van der Waals surface area (Å²) in [6, 6.07) is 4.98. The first kappa shape index (κ1) is 27.8. The molecule has 0 radical (unpaired) electrons. The van der Waals surface area contributed by atoms with E-state index in [-0.39, 0.29) is 23.5 Å². The molecule has 2 aliphatic rings. The molecule has 0 aromatic heterocycles. The number of halogens is 7. The third-order valence-corrected chi connectivity index (χ3v) is 7.31. The lowest BCUT2D eigenvalue weighted by molar-refractivity contribution is -0.275. The lowest BCUT2D eigenvalue weighted by Crippen LogP contribution is -2.52. The van der Waals surface area contributed by atoms with Gasteiger partial charge in [-0.05, 0) is 75.2 Å². The van der Waals surface area contributed by atoms with Crippen LogP contribution in [0.2, 0.25) is 0 Å². The van der Waals surface area contributed by atoms with Crippen LogP contribution in [0.25, 0.3) is 0 Å². The van der Waals surface area contributed by atoms with Gasteiger partial charge in [-0.3, -0.25) is 0 Å². The molecule has 1 aliphatic heterocycles. The van der Waals surface area contributed by atoms with Crippen molar-refractivity contribution in [3.63, 3.8) is 0 Å². The molecular formula is C25H26F7N3O3. The van der Waals surface area contributed by atoms with E-state index in [1.54, 1.807) is 6.07 Å². The second-order valence-corrected chi connectivity index (χ2v) is 9.61. The summed E-state index contributed by atoms with van der Waals surface area (Å²) in [4.78, 5) is 14.6. The quantitative estimate of drug-likeness (QED) is 0.445. The van der Waals surface area contributed by atoms with E-state index in [0.29, 0.717) is 49.9 Å². The number of urea groups is 1. The van der Waals surface area contributed by atoms with Crippen molar-refractivity contribution in [2.45, 2.75) is 55.7 Å². The molecule has 4 rings (SSSR count). The number of anilines is 1. The van der Waals surface area contributed by atoms with Gasteiger partial charge in [0, 0.05) is 23.2 Å². The number of methoxy groups -OCH3 is 1. The summed E-state index contributed by atoms with van der Waals surface area (Å²) in [6.45, 7) is 0.675. The van der Waals surface area contributed by atoms with Crippen molar-refractivity contribution in [3.8, 4) is 11.5 Å². The topological polar surface area (TPSA) is 62.8 Å². The van der Waals surface area contributed by atoms with Gasteiger partial charge in [0.25, 0.3) is 0 Å². The zero-order valence-corrected chi connectivity index (χ0v) is 20.5. The van der Waals surface area contributed by atoms with E-state index in [9.17, 15) is 35.5 Å². The number of alkyl halides is 6. The van der Waals surface area contributed by atoms with Gasteiger partial charge in [-0.15, -0.1) is 13.2 Å². The van der Waals surface area contributed by atoms with Crippen LogP contribution in [-0.2, 0) is 11.6 Å². The summed E-state index contributed by atoms with van der Waals surface area (Å²) >= 11 is 0. The molecule has 3 atom stereocenters. The van der Waals surface area contributed by atoms with E-state index in [0.717, 1.165) is 6.07 Å². The van der Waals surface area contributed by atoms with Crippen LogP contribution < -0.4 is 20.1 Å². The number of benzene rings is 2. The van der Waals surface area contributed by atoms with Gasteiger partial charge in [0.15, 0.2) is 11.5 Å². The van der Waals surface area contributed by atoms with Gasteiger partial charge < -0.3 is 25.0 Å². The minimum Gasteiger partial charge on any atom is -0.493 e. The Morgan fingerprint density at radius 1 is 1.05 bits per heavy atom. The number of fused-ring (bicyclic) bond motifs is 1. The molecule has 0 spiro atoms. The standard InChI is InChI=1S/C25H26F7N3O3/c1-35-8-7-23(14-3-4-19(37-2)20(11-14)38-25(30,31)32)6-5-17(13-21(23)35)33-22(36)34-18-10-15(24(27,28)29)9-16(26)12-18/h3-4,9-12,17,21H,5-8,13H2,1-2H3,(H2,33,34,36)/t17-,21+,23-/m0/s1. The van der Waals surface area contributed by atoms with Crippen molar-refractivity contribution < 1.29 is 45.0 Å². The molecule has 2 N–H and O–H groups in total. The highest BCUT2D eigenvalue weighted by atomic mass is 19.4. The lowest BCUT2D eigenvalue weighted by Gasteiger charge is -2.45. The van der Waals surface area contributed by atoms with Gasteiger partial charge in [-0.25, -0.2) is 9.18 Å².